The van der Waals surface area contributed by atoms with Crippen molar-refractivity contribution in [2.45, 2.75) is 26.3 Å². The van der Waals surface area contributed by atoms with Crippen molar-refractivity contribution >= 4 is 17.4 Å². The minimum Gasteiger partial charge on any atom is -0.503 e. The van der Waals surface area contributed by atoms with Gasteiger partial charge in [0.2, 0.25) is 0 Å². The maximum Gasteiger partial charge on any atom is 0.294 e. The molecule has 2 aromatic rings. The zero-order valence-electron chi connectivity index (χ0n) is 17.5. The lowest BCUT2D eigenvalue weighted by atomic mass is 9.94. The van der Waals surface area contributed by atoms with E-state index in [1.807, 2.05) is 6.92 Å². The molecule has 0 saturated heterocycles. The molecular formula is C23H25NO6. The number of nitrogens with zero attached hydrogens (tertiary/aromatic N) is 1. The molecule has 3 rings (SSSR count). The first-order valence-corrected chi connectivity index (χ1v) is 9.72. The van der Waals surface area contributed by atoms with Crippen LogP contribution in [-0.2, 0) is 9.59 Å². The van der Waals surface area contributed by atoms with Gasteiger partial charge in [0, 0.05) is 6.42 Å². The summed E-state index contributed by atoms with van der Waals surface area (Å²) in [6.07, 6.45) is 0.150. The van der Waals surface area contributed by atoms with Gasteiger partial charge in [0.25, 0.3) is 5.91 Å². The molecule has 158 valence electrons. The predicted octanol–water partition coefficient (Wildman–Crippen LogP) is 3.98. The Morgan fingerprint density at radius 2 is 1.73 bits per heavy atom. The van der Waals surface area contributed by atoms with Gasteiger partial charge in [0.15, 0.2) is 23.0 Å². The lowest BCUT2D eigenvalue weighted by Crippen LogP contribution is -2.31. The van der Waals surface area contributed by atoms with Crippen molar-refractivity contribution in [3.05, 3.63) is 59.4 Å². The Kier molecular flexibility index (Phi) is 6.30. The number of ketones is 1. The van der Waals surface area contributed by atoms with Crippen molar-refractivity contribution in [2.24, 2.45) is 0 Å². The second-order valence-electron chi connectivity index (χ2n) is 6.63. The van der Waals surface area contributed by atoms with Crippen molar-refractivity contribution in [1.82, 2.24) is 0 Å². The molecule has 1 unspecified atom stereocenters. The molecule has 0 radical (unpaired) electrons. The maximum atomic E-state index is 13.1. The average molecular weight is 411 g/mol. The Hall–Kier alpha value is -3.48. The molecule has 1 N–H and O–H groups in total. The van der Waals surface area contributed by atoms with Crippen molar-refractivity contribution in [3.8, 4) is 17.2 Å². The van der Waals surface area contributed by atoms with E-state index in [1.54, 1.807) is 49.4 Å². The predicted molar refractivity (Wildman–Crippen MR) is 112 cm³/mol. The van der Waals surface area contributed by atoms with E-state index in [9.17, 15) is 14.7 Å². The summed E-state index contributed by atoms with van der Waals surface area (Å²) in [7, 11) is 3.04. The van der Waals surface area contributed by atoms with Crippen LogP contribution in [0, 0.1) is 0 Å². The van der Waals surface area contributed by atoms with Gasteiger partial charge in [0.05, 0.1) is 38.1 Å². The molecule has 0 aromatic heterocycles. The number of hydrogen-bond donors (Lipinski definition) is 1. The largest absolute Gasteiger partial charge is 0.503 e. The van der Waals surface area contributed by atoms with Gasteiger partial charge in [-0.15, -0.1) is 0 Å². The smallest absolute Gasteiger partial charge is 0.294 e. The number of hydrogen-bond acceptors (Lipinski definition) is 6. The summed E-state index contributed by atoms with van der Waals surface area (Å²) in [5.74, 6) is -0.0454. The van der Waals surface area contributed by atoms with Crippen LogP contribution in [0.3, 0.4) is 0 Å². The van der Waals surface area contributed by atoms with Gasteiger partial charge in [-0.2, -0.15) is 0 Å². The second-order valence-corrected chi connectivity index (χ2v) is 6.63. The van der Waals surface area contributed by atoms with Gasteiger partial charge in [-0.3, -0.25) is 14.5 Å². The SMILES string of the molecule is CCOc1cc(C2C(C(=O)CC)=C(O)C(=O)N2c2ccccc2OC)ccc1OC. The lowest BCUT2D eigenvalue weighted by Gasteiger charge is -2.28. The molecule has 7 heteroatoms. The number of rotatable bonds is 8. The van der Waals surface area contributed by atoms with E-state index in [1.165, 1.54) is 19.1 Å². The summed E-state index contributed by atoms with van der Waals surface area (Å²) < 4.78 is 16.4. The van der Waals surface area contributed by atoms with Gasteiger partial charge in [0.1, 0.15) is 5.75 Å². The molecule has 1 heterocycles. The summed E-state index contributed by atoms with van der Waals surface area (Å²) in [6, 6.07) is 11.3. The van der Waals surface area contributed by atoms with Gasteiger partial charge in [-0.1, -0.05) is 25.1 Å². The first kappa shape index (κ1) is 21.2. The monoisotopic (exact) mass is 411 g/mol. The quantitative estimate of drug-likeness (QED) is 0.707. The van der Waals surface area contributed by atoms with Crippen LogP contribution < -0.4 is 19.1 Å². The summed E-state index contributed by atoms with van der Waals surface area (Å²) >= 11 is 0. The molecule has 2 aromatic carbocycles. The Morgan fingerprint density at radius 3 is 2.37 bits per heavy atom. The van der Waals surface area contributed by atoms with E-state index in [0.717, 1.165) is 0 Å². The Morgan fingerprint density at radius 1 is 1.03 bits per heavy atom. The number of Topliss-reactive ketones (excluding diaryl/α,β-unsaturated/α-hetero) is 1. The number of amides is 1. The Bertz CT molecular complexity index is 997. The van der Waals surface area contributed by atoms with Crippen LogP contribution in [0.4, 0.5) is 5.69 Å². The fraction of sp³-hybridized carbons (Fsp3) is 0.304. The second kappa shape index (κ2) is 8.90. The van der Waals surface area contributed by atoms with E-state index < -0.39 is 17.7 Å². The Balaban J connectivity index is 2.23. The molecule has 0 aliphatic carbocycles. The summed E-state index contributed by atoms with van der Waals surface area (Å²) in [4.78, 5) is 27.2. The third-order valence-electron chi connectivity index (χ3n) is 4.98. The fourth-order valence-electron chi connectivity index (χ4n) is 3.60. The summed E-state index contributed by atoms with van der Waals surface area (Å²) in [6.45, 7) is 3.96. The van der Waals surface area contributed by atoms with Crippen LogP contribution in [0.15, 0.2) is 53.8 Å². The number of aliphatic hydroxyl groups is 1. The molecule has 0 bridgehead atoms. The van der Waals surface area contributed by atoms with E-state index in [2.05, 4.69) is 0 Å². The molecule has 0 saturated carbocycles. The minimum atomic E-state index is -0.827. The molecule has 1 amide bonds. The average Bonchev–Trinajstić information content (AvgIpc) is 3.04. The van der Waals surface area contributed by atoms with Gasteiger partial charge >= 0.3 is 0 Å². The van der Waals surface area contributed by atoms with Crippen molar-refractivity contribution in [1.29, 1.82) is 0 Å². The molecule has 1 aliphatic heterocycles. The zero-order valence-corrected chi connectivity index (χ0v) is 17.5. The standard InChI is InChI=1S/C23H25NO6/c1-5-16(25)20-21(14-11-12-18(29-4)19(13-14)30-6-2)24(23(27)22(20)26)15-9-7-8-10-17(15)28-3/h7-13,21,26H,5-6H2,1-4H3. The number of anilines is 1. The van der Waals surface area contributed by atoms with Crippen molar-refractivity contribution in [3.63, 3.8) is 0 Å². The van der Waals surface area contributed by atoms with Crippen LogP contribution in [0.2, 0.25) is 0 Å². The highest BCUT2D eigenvalue weighted by Gasteiger charge is 2.45. The van der Waals surface area contributed by atoms with Gasteiger partial charge in [-0.25, -0.2) is 0 Å². The molecule has 30 heavy (non-hydrogen) atoms. The number of carbonyl (C=O) groups is 2. The number of aliphatic hydroxyl groups excluding tert-OH is 1. The topological polar surface area (TPSA) is 85.3 Å². The molecule has 0 fully saturated rings. The molecule has 0 spiro atoms. The highest BCUT2D eigenvalue weighted by atomic mass is 16.5. The minimum absolute atomic E-state index is 0.0565. The summed E-state index contributed by atoms with van der Waals surface area (Å²) in [5.41, 5.74) is 1.12. The number of methoxy groups -OCH3 is 2. The fourth-order valence-corrected chi connectivity index (χ4v) is 3.60. The Labute approximate surface area is 175 Å². The number of para-hydroxylation sites is 2. The number of ether oxygens (including phenoxy) is 3. The third kappa shape index (κ3) is 3.58. The zero-order chi connectivity index (χ0) is 21.8. The van der Waals surface area contributed by atoms with E-state index in [4.69, 9.17) is 14.2 Å². The first-order chi connectivity index (χ1) is 14.5. The summed E-state index contributed by atoms with van der Waals surface area (Å²) in [5, 5.41) is 10.6. The first-order valence-electron chi connectivity index (χ1n) is 9.72. The maximum absolute atomic E-state index is 13.1. The van der Waals surface area contributed by atoms with Crippen LogP contribution >= 0.6 is 0 Å². The highest BCUT2D eigenvalue weighted by Crippen LogP contribution is 2.45. The normalized spacial score (nSPS) is 16.1. The molecular weight excluding hydrogens is 386 g/mol. The third-order valence-corrected chi connectivity index (χ3v) is 4.98. The van der Waals surface area contributed by atoms with E-state index in [-0.39, 0.29) is 17.8 Å². The lowest BCUT2D eigenvalue weighted by molar-refractivity contribution is -0.118. The van der Waals surface area contributed by atoms with E-state index >= 15 is 0 Å². The highest BCUT2D eigenvalue weighted by molar-refractivity contribution is 6.16. The van der Waals surface area contributed by atoms with Crippen LogP contribution in [0.1, 0.15) is 31.9 Å². The number of carbonyl (C=O) groups excluding carboxylic acids is 2. The van der Waals surface area contributed by atoms with Crippen LogP contribution in [0.5, 0.6) is 17.2 Å². The number of benzene rings is 2. The van der Waals surface area contributed by atoms with Crippen LogP contribution in [0.25, 0.3) is 0 Å². The van der Waals surface area contributed by atoms with E-state index in [0.29, 0.717) is 35.1 Å². The van der Waals surface area contributed by atoms with Crippen LogP contribution in [-0.4, -0.2) is 37.6 Å². The van der Waals surface area contributed by atoms with Crippen molar-refractivity contribution in [2.75, 3.05) is 25.7 Å². The molecule has 1 atom stereocenters. The molecule has 1 aliphatic rings. The van der Waals surface area contributed by atoms with Crippen molar-refractivity contribution < 1.29 is 28.9 Å². The van der Waals surface area contributed by atoms with Gasteiger partial charge in [-0.05, 0) is 36.8 Å². The van der Waals surface area contributed by atoms with Gasteiger partial charge < -0.3 is 19.3 Å². The molecule has 7 nitrogen and oxygen atoms in total.